The van der Waals surface area contributed by atoms with Gasteiger partial charge in [0.25, 0.3) is 0 Å². The van der Waals surface area contributed by atoms with Crippen molar-refractivity contribution in [1.82, 2.24) is 4.72 Å². The maximum atomic E-state index is 12.6. The molecule has 6 nitrogen and oxygen atoms in total. The van der Waals surface area contributed by atoms with Gasteiger partial charge in [-0.15, -0.1) is 0 Å². The third-order valence-corrected chi connectivity index (χ3v) is 5.45. The molecule has 0 spiro atoms. The Bertz CT molecular complexity index is 656. The van der Waals surface area contributed by atoms with Crippen molar-refractivity contribution in [3.05, 3.63) is 29.3 Å². The normalized spacial score (nSPS) is 22.3. The maximum Gasteiger partial charge on any atom is 0.338 e. The van der Waals surface area contributed by atoms with Gasteiger partial charge in [-0.2, -0.15) is 0 Å². The Labute approximate surface area is 130 Å². The summed E-state index contributed by atoms with van der Waals surface area (Å²) >= 11 is 0. The van der Waals surface area contributed by atoms with E-state index in [0.717, 1.165) is 0 Å². The van der Waals surface area contributed by atoms with Crippen LogP contribution in [0.3, 0.4) is 0 Å². The van der Waals surface area contributed by atoms with Crippen molar-refractivity contribution < 1.29 is 22.7 Å². The third kappa shape index (κ3) is 3.66. The summed E-state index contributed by atoms with van der Waals surface area (Å²) in [5.74, 6) is -0.547. The Balaban J connectivity index is 2.28. The van der Waals surface area contributed by atoms with Gasteiger partial charge in [0.15, 0.2) is 0 Å². The molecule has 1 aromatic carbocycles. The Hall–Kier alpha value is -1.44. The zero-order chi connectivity index (χ0) is 16.3. The number of hydrogen-bond donors (Lipinski definition) is 1. The molecular weight excluding hydrogens is 306 g/mol. The highest BCUT2D eigenvalue weighted by Crippen LogP contribution is 2.22. The Morgan fingerprint density at radius 1 is 1.41 bits per heavy atom. The van der Waals surface area contributed by atoms with Crippen molar-refractivity contribution in [3.63, 3.8) is 0 Å². The standard InChI is InChI=1S/C15H21NO5S/c1-10-9-12(7-8-21-10)16-22(18,19)14-6-4-5-13(11(14)2)15(17)20-3/h4-6,10,12,16H,7-9H2,1-3H3/t10-,12+/m1/s1. The van der Waals surface area contributed by atoms with Crippen LogP contribution in [-0.4, -0.2) is 40.2 Å². The summed E-state index contributed by atoms with van der Waals surface area (Å²) in [5.41, 5.74) is 0.646. The number of benzene rings is 1. The summed E-state index contributed by atoms with van der Waals surface area (Å²) in [6.07, 6.45) is 1.30. The molecule has 0 unspecified atom stereocenters. The van der Waals surface area contributed by atoms with Gasteiger partial charge in [0.1, 0.15) is 0 Å². The molecule has 0 aromatic heterocycles. The molecule has 2 atom stereocenters. The van der Waals surface area contributed by atoms with E-state index < -0.39 is 16.0 Å². The number of methoxy groups -OCH3 is 1. The number of ether oxygens (including phenoxy) is 2. The van der Waals surface area contributed by atoms with Crippen LogP contribution in [-0.2, 0) is 19.5 Å². The van der Waals surface area contributed by atoms with Gasteiger partial charge in [-0.25, -0.2) is 17.9 Å². The van der Waals surface area contributed by atoms with E-state index in [9.17, 15) is 13.2 Å². The minimum atomic E-state index is -3.69. The van der Waals surface area contributed by atoms with Crippen molar-refractivity contribution in [2.24, 2.45) is 0 Å². The third-order valence-electron chi connectivity index (χ3n) is 3.79. The summed E-state index contributed by atoms with van der Waals surface area (Å²) in [4.78, 5) is 11.8. The molecule has 1 aromatic rings. The highest BCUT2D eigenvalue weighted by Gasteiger charge is 2.27. The lowest BCUT2D eigenvalue weighted by molar-refractivity contribution is 0.0173. The van der Waals surface area contributed by atoms with Crippen LogP contribution in [0, 0.1) is 6.92 Å². The monoisotopic (exact) mass is 327 g/mol. The molecule has 1 saturated heterocycles. The predicted molar refractivity (Wildman–Crippen MR) is 81.3 cm³/mol. The van der Waals surface area contributed by atoms with Crippen LogP contribution in [0.2, 0.25) is 0 Å². The van der Waals surface area contributed by atoms with E-state index in [1.807, 2.05) is 6.92 Å². The Morgan fingerprint density at radius 2 is 2.14 bits per heavy atom. The van der Waals surface area contributed by atoms with E-state index in [0.29, 0.717) is 25.0 Å². The highest BCUT2D eigenvalue weighted by atomic mass is 32.2. The summed E-state index contributed by atoms with van der Waals surface area (Å²) < 4.78 is 38.0. The second-order valence-corrected chi connectivity index (χ2v) is 7.13. The van der Waals surface area contributed by atoms with Crippen molar-refractivity contribution in [2.75, 3.05) is 13.7 Å². The lowest BCUT2D eigenvalue weighted by Crippen LogP contribution is -2.41. The van der Waals surface area contributed by atoms with Crippen LogP contribution >= 0.6 is 0 Å². The summed E-state index contributed by atoms with van der Waals surface area (Å²) in [6.45, 7) is 4.06. The van der Waals surface area contributed by atoms with E-state index in [-0.39, 0.29) is 22.6 Å². The molecule has 1 aliphatic heterocycles. The van der Waals surface area contributed by atoms with E-state index in [1.54, 1.807) is 19.1 Å². The summed E-state index contributed by atoms with van der Waals surface area (Å²) in [7, 11) is -2.42. The smallest absolute Gasteiger partial charge is 0.338 e. The van der Waals surface area contributed by atoms with Gasteiger partial charge >= 0.3 is 5.97 Å². The first-order valence-corrected chi connectivity index (χ1v) is 8.65. The highest BCUT2D eigenvalue weighted by molar-refractivity contribution is 7.89. The lowest BCUT2D eigenvalue weighted by atomic mass is 10.1. The van der Waals surface area contributed by atoms with Gasteiger partial charge in [0.05, 0.1) is 23.7 Å². The van der Waals surface area contributed by atoms with Crippen molar-refractivity contribution in [3.8, 4) is 0 Å². The average molecular weight is 327 g/mol. The van der Waals surface area contributed by atoms with E-state index >= 15 is 0 Å². The Kier molecular flexibility index (Phi) is 5.20. The van der Waals surface area contributed by atoms with E-state index in [2.05, 4.69) is 9.46 Å². The minimum absolute atomic E-state index is 0.0314. The van der Waals surface area contributed by atoms with Gasteiger partial charge in [0, 0.05) is 12.6 Å². The quantitative estimate of drug-likeness (QED) is 0.850. The van der Waals surface area contributed by atoms with Gasteiger partial charge in [-0.3, -0.25) is 0 Å². The van der Waals surface area contributed by atoms with E-state index in [4.69, 9.17) is 4.74 Å². The topological polar surface area (TPSA) is 81.7 Å². The predicted octanol–water partition coefficient (Wildman–Crippen LogP) is 1.63. The van der Waals surface area contributed by atoms with Gasteiger partial charge in [-0.05, 0) is 44.4 Å². The summed E-state index contributed by atoms with van der Waals surface area (Å²) in [6, 6.07) is 4.43. The number of nitrogens with one attached hydrogen (secondary N) is 1. The molecule has 0 amide bonds. The van der Waals surface area contributed by atoms with Crippen molar-refractivity contribution in [2.45, 2.75) is 43.7 Å². The number of rotatable bonds is 4. The van der Waals surface area contributed by atoms with Crippen LogP contribution in [0.25, 0.3) is 0 Å². The zero-order valence-electron chi connectivity index (χ0n) is 13.0. The van der Waals surface area contributed by atoms with Crippen LogP contribution < -0.4 is 4.72 Å². The molecular formula is C15H21NO5S. The van der Waals surface area contributed by atoms with Crippen LogP contribution in [0.15, 0.2) is 23.1 Å². The second-order valence-electron chi connectivity index (χ2n) is 5.44. The number of hydrogen-bond acceptors (Lipinski definition) is 5. The fourth-order valence-corrected chi connectivity index (χ4v) is 4.18. The van der Waals surface area contributed by atoms with Crippen LogP contribution in [0.1, 0.15) is 35.7 Å². The molecule has 1 fully saturated rings. The Morgan fingerprint density at radius 3 is 2.77 bits per heavy atom. The van der Waals surface area contributed by atoms with Crippen LogP contribution in [0.4, 0.5) is 0 Å². The SMILES string of the molecule is COC(=O)c1cccc(S(=O)(=O)N[C@H]2CCO[C@H](C)C2)c1C. The number of carbonyl (C=O) groups is 1. The van der Waals surface area contributed by atoms with Gasteiger partial charge in [-0.1, -0.05) is 6.07 Å². The zero-order valence-corrected chi connectivity index (χ0v) is 13.8. The molecule has 22 heavy (non-hydrogen) atoms. The molecule has 0 radical (unpaired) electrons. The lowest BCUT2D eigenvalue weighted by Gasteiger charge is -2.28. The second kappa shape index (κ2) is 6.76. The number of sulfonamides is 1. The summed E-state index contributed by atoms with van der Waals surface area (Å²) in [5, 5.41) is 0. The number of carbonyl (C=O) groups excluding carboxylic acids is 1. The largest absolute Gasteiger partial charge is 0.465 e. The molecule has 1 heterocycles. The first kappa shape index (κ1) is 16.9. The molecule has 122 valence electrons. The first-order chi connectivity index (χ1) is 10.3. The van der Waals surface area contributed by atoms with Gasteiger partial charge in [0.2, 0.25) is 10.0 Å². The molecule has 1 N–H and O–H groups in total. The molecule has 7 heteroatoms. The van der Waals surface area contributed by atoms with Crippen molar-refractivity contribution in [1.29, 1.82) is 0 Å². The van der Waals surface area contributed by atoms with E-state index in [1.165, 1.54) is 13.2 Å². The van der Waals surface area contributed by atoms with Gasteiger partial charge < -0.3 is 9.47 Å². The number of esters is 1. The van der Waals surface area contributed by atoms with Crippen LogP contribution in [0.5, 0.6) is 0 Å². The maximum absolute atomic E-state index is 12.6. The first-order valence-electron chi connectivity index (χ1n) is 7.17. The molecule has 0 bridgehead atoms. The van der Waals surface area contributed by atoms with Crippen molar-refractivity contribution >= 4 is 16.0 Å². The minimum Gasteiger partial charge on any atom is -0.465 e. The fraction of sp³-hybridized carbons (Fsp3) is 0.533. The average Bonchev–Trinajstić information content (AvgIpc) is 2.46. The fourth-order valence-electron chi connectivity index (χ4n) is 2.62. The molecule has 1 aliphatic rings. The molecule has 0 saturated carbocycles. The molecule has 2 rings (SSSR count). The molecule has 0 aliphatic carbocycles.